The minimum absolute atomic E-state index is 0.0579. The van der Waals surface area contributed by atoms with Crippen LogP contribution in [0, 0.1) is 23.2 Å². The second-order valence-corrected chi connectivity index (χ2v) is 7.24. The third-order valence-electron chi connectivity index (χ3n) is 5.23. The maximum atomic E-state index is 12.8. The molecule has 0 saturated heterocycles. The quantitative estimate of drug-likeness (QED) is 0.757. The molecule has 4 rings (SSSR count). The molecule has 5 nitrogen and oxygen atoms in total. The number of hydrogen-bond donors (Lipinski definition) is 0. The maximum Gasteiger partial charge on any atom is 0.289 e. The molecule has 0 bridgehead atoms. The Kier molecular flexibility index (Phi) is 4.42. The third kappa shape index (κ3) is 3.45. The summed E-state index contributed by atoms with van der Waals surface area (Å²) in [5.41, 5.74) is 0.479. The van der Waals surface area contributed by atoms with Crippen molar-refractivity contribution in [1.82, 2.24) is 4.90 Å². The van der Waals surface area contributed by atoms with E-state index in [0.29, 0.717) is 40.7 Å². The summed E-state index contributed by atoms with van der Waals surface area (Å²) < 4.78 is 11.4. The molecule has 5 heteroatoms. The molecule has 134 valence electrons. The molecule has 2 aliphatic carbocycles. The molecule has 2 fully saturated rings. The SMILES string of the molecule is CN(C(=O)c1ccc(COc2ccccc2C#N)o1)C(C1CC1)C1CC1. The smallest absolute Gasteiger partial charge is 0.289 e. The Morgan fingerprint density at radius 3 is 2.58 bits per heavy atom. The lowest BCUT2D eigenvalue weighted by Crippen LogP contribution is -2.39. The van der Waals surface area contributed by atoms with Gasteiger partial charge in [0.1, 0.15) is 24.2 Å². The van der Waals surface area contributed by atoms with E-state index < -0.39 is 0 Å². The number of carbonyl (C=O) groups excluding carboxylic acids is 1. The first kappa shape index (κ1) is 16.7. The van der Waals surface area contributed by atoms with Crippen molar-refractivity contribution in [2.75, 3.05) is 7.05 Å². The van der Waals surface area contributed by atoms with Crippen molar-refractivity contribution >= 4 is 5.91 Å². The van der Waals surface area contributed by atoms with Crippen molar-refractivity contribution in [3.8, 4) is 11.8 Å². The Labute approximate surface area is 153 Å². The van der Waals surface area contributed by atoms with Crippen LogP contribution in [0.1, 0.15) is 47.6 Å². The highest BCUT2D eigenvalue weighted by molar-refractivity contribution is 5.91. The summed E-state index contributed by atoms with van der Waals surface area (Å²) in [6, 6.07) is 13.0. The number of amides is 1. The molecule has 0 aliphatic heterocycles. The van der Waals surface area contributed by atoms with E-state index in [4.69, 9.17) is 14.4 Å². The number of carbonyl (C=O) groups is 1. The fraction of sp³-hybridized carbons (Fsp3) is 0.429. The van der Waals surface area contributed by atoms with E-state index in [9.17, 15) is 4.79 Å². The fourth-order valence-electron chi connectivity index (χ4n) is 3.61. The molecule has 1 amide bonds. The van der Waals surface area contributed by atoms with E-state index in [-0.39, 0.29) is 12.5 Å². The van der Waals surface area contributed by atoms with E-state index >= 15 is 0 Å². The van der Waals surface area contributed by atoms with Gasteiger partial charge >= 0.3 is 0 Å². The van der Waals surface area contributed by atoms with Crippen molar-refractivity contribution in [2.45, 2.75) is 38.3 Å². The van der Waals surface area contributed by atoms with E-state index in [1.165, 1.54) is 25.7 Å². The Balaban J connectivity index is 1.41. The normalized spacial score (nSPS) is 16.3. The Bertz CT molecular complexity index is 831. The van der Waals surface area contributed by atoms with Gasteiger partial charge < -0.3 is 14.1 Å². The number of nitrogens with zero attached hydrogens (tertiary/aromatic N) is 2. The van der Waals surface area contributed by atoms with Gasteiger partial charge in [-0.25, -0.2) is 0 Å². The average Bonchev–Trinajstić information content (AvgIpc) is 3.60. The first-order valence-corrected chi connectivity index (χ1v) is 9.15. The van der Waals surface area contributed by atoms with Crippen LogP contribution in [0.25, 0.3) is 0 Å². The van der Waals surface area contributed by atoms with Gasteiger partial charge in [0.25, 0.3) is 5.91 Å². The molecule has 1 aromatic heterocycles. The average molecular weight is 350 g/mol. The van der Waals surface area contributed by atoms with Crippen LogP contribution in [0.2, 0.25) is 0 Å². The fourth-order valence-corrected chi connectivity index (χ4v) is 3.61. The highest BCUT2D eigenvalue weighted by atomic mass is 16.5. The van der Waals surface area contributed by atoms with Crippen molar-refractivity contribution in [2.24, 2.45) is 11.8 Å². The zero-order valence-electron chi connectivity index (χ0n) is 14.9. The molecule has 2 aliphatic rings. The molecule has 0 N–H and O–H groups in total. The van der Waals surface area contributed by atoms with Crippen LogP contribution in [-0.2, 0) is 6.61 Å². The molecule has 2 saturated carbocycles. The van der Waals surface area contributed by atoms with Gasteiger partial charge in [0.2, 0.25) is 0 Å². The summed E-state index contributed by atoms with van der Waals surface area (Å²) in [6.07, 6.45) is 4.92. The van der Waals surface area contributed by atoms with Gasteiger partial charge in [-0.2, -0.15) is 5.26 Å². The van der Waals surface area contributed by atoms with Gasteiger partial charge in [-0.1, -0.05) is 12.1 Å². The van der Waals surface area contributed by atoms with E-state index in [2.05, 4.69) is 6.07 Å². The van der Waals surface area contributed by atoms with Crippen LogP contribution in [0.3, 0.4) is 0 Å². The number of benzene rings is 1. The second kappa shape index (κ2) is 6.87. The Morgan fingerprint density at radius 1 is 1.23 bits per heavy atom. The standard InChI is InChI=1S/C21H22N2O3/c1-23(20(14-6-7-14)15-8-9-15)21(24)19-11-10-17(26-19)13-25-18-5-3-2-4-16(18)12-22/h2-5,10-11,14-15,20H,6-9,13H2,1H3. The van der Waals surface area contributed by atoms with E-state index in [1.54, 1.807) is 30.3 Å². The molecule has 0 atom stereocenters. The van der Waals surface area contributed by atoms with Gasteiger partial charge in [-0.05, 0) is 61.8 Å². The number of rotatable bonds is 7. The van der Waals surface area contributed by atoms with Gasteiger partial charge in [0.05, 0.1) is 5.56 Å². The number of nitriles is 1. The zero-order chi connectivity index (χ0) is 18.1. The lowest BCUT2D eigenvalue weighted by Gasteiger charge is -2.27. The molecule has 1 aromatic carbocycles. The first-order valence-electron chi connectivity index (χ1n) is 9.15. The van der Waals surface area contributed by atoms with Crippen LogP contribution in [0.5, 0.6) is 5.75 Å². The van der Waals surface area contributed by atoms with E-state index in [1.807, 2.05) is 18.0 Å². The molecular formula is C21H22N2O3. The number of furan rings is 1. The van der Waals surface area contributed by atoms with Crippen molar-refractivity contribution in [3.05, 3.63) is 53.5 Å². The number of para-hydroxylation sites is 1. The van der Waals surface area contributed by atoms with Gasteiger partial charge in [0, 0.05) is 13.1 Å². The molecule has 0 unspecified atom stereocenters. The largest absolute Gasteiger partial charge is 0.484 e. The summed E-state index contributed by atoms with van der Waals surface area (Å²) in [5, 5.41) is 9.10. The monoisotopic (exact) mass is 350 g/mol. The highest BCUT2D eigenvalue weighted by Crippen LogP contribution is 2.47. The van der Waals surface area contributed by atoms with Crippen LogP contribution in [0.15, 0.2) is 40.8 Å². The maximum absolute atomic E-state index is 12.8. The summed E-state index contributed by atoms with van der Waals surface area (Å²) >= 11 is 0. The number of ether oxygens (including phenoxy) is 1. The predicted octanol–water partition coefficient (Wildman–Crippen LogP) is 3.99. The summed E-state index contributed by atoms with van der Waals surface area (Å²) in [5.74, 6) is 2.71. The van der Waals surface area contributed by atoms with Crippen molar-refractivity contribution < 1.29 is 13.9 Å². The van der Waals surface area contributed by atoms with Crippen molar-refractivity contribution in [1.29, 1.82) is 5.26 Å². The lowest BCUT2D eigenvalue weighted by atomic mass is 10.1. The molecule has 26 heavy (non-hydrogen) atoms. The van der Waals surface area contributed by atoms with Gasteiger partial charge in [0.15, 0.2) is 5.76 Å². The van der Waals surface area contributed by atoms with Crippen LogP contribution < -0.4 is 4.74 Å². The minimum atomic E-state index is -0.0579. The summed E-state index contributed by atoms with van der Waals surface area (Å²) in [7, 11) is 1.89. The van der Waals surface area contributed by atoms with Gasteiger partial charge in [-0.3, -0.25) is 4.79 Å². The summed E-state index contributed by atoms with van der Waals surface area (Å²) in [4.78, 5) is 14.7. The second-order valence-electron chi connectivity index (χ2n) is 7.24. The van der Waals surface area contributed by atoms with Crippen LogP contribution in [0.4, 0.5) is 0 Å². The third-order valence-corrected chi connectivity index (χ3v) is 5.23. The molecule has 1 heterocycles. The van der Waals surface area contributed by atoms with Crippen LogP contribution in [-0.4, -0.2) is 23.9 Å². The topological polar surface area (TPSA) is 66.5 Å². The Hall–Kier alpha value is -2.74. The van der Waals surface area contributed by atoms with Crippen LogP contribution >= 0.6 is 0 Å². The molecular weight excluding hydrogens is 328 g/mol. The number of hydrogen-bond acceptors (Lipinski definition) is 4. The first-order chi connectivity index (χ1) is 12.7. The predicted molar refractivity (Wildman–Crippen MR) is 95.5 cm³/mol. The van der Waals surface area contributed by atoms with Gasteiger partial charge in [-0.15, -0.1) is 0 Å². The highest BCUT2D eigenvalue weighted by Gasteiger charge is 2.45. The van der Waals surface area contributed by atoms with Crippen molar-refractivity contribution in [3.63, 3.8) is 0 Å². The minimum Gasteiger partial charge on any atom is -0.484 e. The molecule has 0 spiro atoms. The molecule has 0 radical (unpaired) electrons. The Morgan fingerprint density at radius 2 is 1.92 bits per heavy atom. The summed E-state index contributed by atoms with van der Waals surface area (Å²) in [6.45, 7) is 0.185. The zero-order valence-corrected chi connectivity index (χ0v) is 14.9. The van der Waals surface area contributed by atoms with E-state index in [0.717, 1.165) is 0 Å². The molecule has 2 aromatic rings. The lowest BCUT2D eigenvalue weighted by molar-refractivity contribution is 0.0653.